The molecule has 82 valence electrons. The average Bonchev–Trinajstić information content (AvgIpc) is 2.80. The standard InChI is InChI=1S/C11H12N4S/c1-2-4-8(5-3-1)16-11-9-10(13-6-12-9)14-7-15-11/h2,4,6-8H,1,3,5H2,(H,12,13,14,15). The summed E-state index contributed by atoms with van der Waals surface area (Å²) in [7, 11) is 0. The van der Waals surface area contributed by atoms with Gasteiger partial charge in [0.1, 0.15) is 16.9 Å². The Morgan fingerprint density at radius 3 is 3.19 bits per heavy atom. The highest BCUT2D eigenvalue weighted by molar-refractivity contribution is 8.00. The molecule has 0 saturated heterocycles. The molecule has 0 spiro atoms. The van der Waals surface area contributed by atoms with Gasteiger partial charge in [-0.05, 0) is 19.3 Å². The minimum atomic E-state index is 0.537. The molecule has 0 amide bonds. The maximum atomic E-state index is 4.32. The third kappa shape index (κ3) is 1.82. The first-order valence-electron chi connectivity index (χ1n) is 5.41. The normalized spacial score (nSPS) is 20.4. The number of thioether (sulfide) groups is 1. The van der Waals surface area contributed by atoms with Crippen molar-refractivity contribution in [1.82, 2.24) is 19.9 Å². The van der Waals surface area contributed by atoms with E-state index in [4.69, 9.17) is 0 Å². The molecule has 0 radical (unpaired) electrons. The number of aromatic amines is 1. The van der Waals surface area contributed by atoms with Crippen molar-refractivity contribution in [2.75, 3.05) is 0 Å². The van der Waals surface area contributed by atoms with Gasteiger partial charge in [-0.3, -0.25) is 0 Å². The summed E-state index contributed by atoms with van der Waals surface area (Å²) in [6, 6.07) is 0. The summed E-state index contributed by atoms with van der Waals surface area (Å²) in [5, 5.41) is 1.54. The molecule has 2 heterocycles. The second-order valence-electron chi connectivity index (χ2n) is 3.80. The largest absolute Gasteiger partial charge is 0.341 e. The number of rotatable bonds is 2. The third-order valence-electron chi connectivity index (χ3n) is 2.66. The predicted molar refractivity (Wildman–Crippen MR) is 64.3 cm³/mol. The van der Waals surface area contributed by atoms with Crippen molar-refractivity contribution in [2.45, 2.75) is 29.5 Å². The van der Waals surface area contributed by atoms with Crippen LogP contribution in [0.1, 0.15) is 19.3 Å². The summed E-state index contributed by atoms with van der Waals surface area (Å²) in [6.45, 7) is 0. The van der Waals surface area contributed by atoms with Crippen LogP contribution in [-0.4, -0.2) is 25.2 Å². The van der Waals surface area contributed by atoms with Crippen LogP contribution in [0, 0.1) is 0 Å². The molecule has 1 unspecified atom stereocenters. The van der Waals surface area contributed by atoms with E-state index in [2.05, 4.69) is 32.1 Å². The molecule has 0 fully saturated rings. The van der Waals surface area contributed by atoms with Gasteiger partial charge in [0.2, 0.25) is 0 Å². The Balaban J connectivity index is 1.90. The summed E-state index contributed by atoms with van der Waals surface area (Å²) in [6.07, 6.45) is 11.5. The van der Waals surface area contributed by atoms with Crippen LogP contribution in [0.4, 0.5) is 0 Å². The Morgan fingerprint density at radius 1 is 1.31 bits per heavy atom. The molecule has 4 nitrogen and oxygen atoms in total. The van der Waals surface area contributed by atoms with E-state index in [1.54, 1.807) is 24.4 Å². The zero-order chi connectivity index (χ0) is 10.8. The fourth-order valence-electron chi connectivity index (χ4n) is 1.85. The van der Waals surface area contributed by atoms with Crippen molar-refractivity contribution < 1.29 is 0 Å². The van der Waals surface area contributed by atoms with Crippen molar-refractivity contribution >= 4 is 22.9 Å². The highest BCUT2D eigenvalue weighted by Gasteiger charge is 2.13. The van der Waals surface area contributed by atoms with Crippen molar-refractivity contribution in [3.63, 3.8) is 0 Å². The summed E-state index contributed by atoms with van der Waals surface area (Å²) in [5.41, 5.74) is 1.70. The van der Waals surface area contributed by atoms with Gasteiger partial charge < -0.3 is 4.98 Å². The summed E-state index contributed by atoms with van der Waals surface area (Å²) in [4.78, 5) is 15.7. The number of aromatic nitrogens is 4. The highest BCUT2D eigenvalue weighted by Crippen LogP contribution is 2.31. The molecule has 0 aromatic carbocycles. The van der Waals surface area contributed by atoms with Gasteiger partial charge in [0.05, 0.1) is 6.33 Å². The van der Waals surface area contributed by atoms with Crippen LogP contribution in [0.5, 0.6) is 0 Å². The van der Waals surface area contributed by atoms with Crippen LogP contribution in [0.25, 0.3) is 11.2 Å². The lowest BCUT2D eigenvalue weighted by molar-refractivity contribution is 0.740. The highest BCUT2D eigenvalue weighted by atomic mass is 32.2. The van der Waals surface area contributed by atoms with Gasteiger partial charge in [-0.2, -0.15) is 0 Å². The lowest BCUT2D eigenvalue weighted by Gasteiger charge is -2.14. The molecule has 2 aromatic heterocycles. The SMILES string of the molecule is C1=CC(Sc2ncnc3nc[nH]c23)CCC1. The van der Waals surface area contributed by atoms with Gasteiger partial charge in [0.25, 0.3) is 0 Å². The Labute approximate surface area is 97.6 Å². The number of nitrogens with zero attached hydrogens (tertiary/aromatic N) is 3. The molecular weight excluding hydrogens is 220 g/mol. The second kappa shape index (κ2) is 4.25. The Bertz CT molecular complexity index is 519. The lowest BCUT2D eigenvalue weighted by atomic mass is 10.1. The number of nitrogens with one attached hydrogen (secondary N) is 1. The van der Waals surface area contributed by atoms with Gasteiger partial charge in [-0.25, -0.2) is 15.0 Å². The van der Waals surface area contributed by atoms with E-state index in [9.17, 15) is 0 Å². The van der Waals surface area contributed by atoms with Crippen molar-refractivity contribution in [2.24, 2.45) is 0 Å². The third-order valence-corrected chi connectivity index (χ3v) is 3.89. The van der Waals surface area contributed by atoms with Gasteiger partial charge in [-0.15, -0.1) is 0 Å². The number of hydrogen-bond acceptors (Lipinski definition) is 4. The maximum absolute atomic E-state index is 4.32. The molecule has 0 bridgehead atoms. The molecule has 0 saturated carbocycles. The van der Waals surface area contributed by atoms with E-state index < -0.39 is 0 Å². The number of fused-ring (bicyclic) bond motifs is 1. The number of imidazole rings is 1. The van der Waals surface area contributed by atoms with E-state index >= 15 is 0 Å². The van der Waals surface area contributed by atoms with E-state index in [1.807, 2.05) is 0 Å². The van der Waals surface area contributed by atoms with E-state index in [0.717, 1.165) is 16.2 Å². The smallest absolute Gasteiger partial charge is 0.181 e. The van der Waals surface area contributed by atoms with Crippen LogP contribution in [-0.2, 0) is 0 Å². The zero-order valence-electron chi connectivity index (χ0n) is 8.76. The van der Waals surface area contributed by atoms with Gasteiger partial charge in [-0.1, -0.05) is 23.9 Å². The zero-order valence-corrected chi connectivity index (χ0v) is 9.57. The molecular formula is C11H12N4S. The maximum Gasteiger partial charge on any atom is 0.181 e. The average molecular weight is 232 g/mol. The summed E-state index contributed by atoms with van der Waals surface area (Å²) < 4.78 is 0. The Hall–Kier alpha value is -1.36. The minimum Gasteiger partial charge on any atom is -0.341 e. The molecule has 1 aliphatic carbocycles. The first kappa shape index (κ1) is 9.84. The first-order chi connectivity index (χ1) is 7.93. The number of allylic oxidation sites excluding steroid dienone is 1. The van der Waals surface area contributed by atoms with Crippen LogP contribution in [0.3, 0.4) is 0 Å². The van der Waals surface area contributed by atoms with Crippen LogP contribution < -0.4 is 0 Å². The van der Waals surface area contributed by atoms with Crippen LogP contribution in [0.15, 0.2) is 29.8 Å². The Kier molecular flexibility index (Phi) is 2.61. The van der Waals surface area contributed by atoms with E-state index in [0.29, 0.717) is 5.25 Å². The van der Waals surface area contributed by atoms with Gasteiger partial charge in [0.15, 0.2) is 5.65 Å². The molecule has 3 rings (SSSR count). The van der Waals surface area contributed by atoms with Gasteiger partial charge in [0, 0.05) is 5.25 Å². The minimum absolute atomic E-state index is 0.537. The number of hydrogen-bond donors (Lipinski definition) is 1. The molecule has 5 heteroatoms. The topological polar surface area (TPSA) is 54.5 Å². The molecule has 1 atom stereocenters. The lowest BCUT2D eigenvalue weighted by Crippen LogP contribution is -2.03. The van der Waals surface area contributed by atoms with Crippen LogP contribution >= 0.6 is 11.8 Å². The van der Waals surface area contributed by atoms with Crippen molar-refractivity contribution in [1.29, 1.82) is 0 Å². The first-order valence-corrected chi connectivity index (χ1v) is 6.29. The van der Waals surface area contributed by atoms with Crippen molar-refractivity contribution in [3.05, 3.63) is 24.8 Å². The number of H-pyrrole nitrogens is 1. The van der Waals surface area contributed by atoms with Crippen molar-refractivity contribution in [3.8, 4) is 0 Å². The quantitative estimate of drug-likeness (QED) is 0.638. The predicted octanol–water partition coefficient (Wildman–Crippen LogP) is 2.55. The summed E-state index contributed by atoms with van der Waals surface area (Å²) >= 11 is 1.79. The monoisotopic (exact) mass is 232 g/mol. The molecule has 1 N–H and O–H groups in total. The molecule has 16 heavy (non-hydrogen) atoms. The molecule has 2 aromatic rings. The fourth-order valence-corrected chi connectivity index (χ4v) is 2.99. The molecule has 0 aliphatic heterocycles. The van der Waals surface area contributed by atoms with Crippen LogP contribution in [0.2, 0.25) is 0 Å². The molecule has 1 aliphatic rings. The fraction of sp³-hybridized carbons (Fsp3) is 0.364. The second-order valence-corrected chi connectivity index (χ2v) is 5.02. The summed E-state index contributed by atoms with van der Waals surface area (Å²) in [5.74, 6) is 0. The van der Waals surface area contributed by atoms with Gasteiger partial charge >= 0.3 is 0 Å². The van der Waals surface area contributed by atoms with E-state index in [-0.39, 0.29) is 0 Å². The van der Waals surface area contributed by atoms with E-state index in [1.165, 1.54) is 19.3 Å². The Morgan fingerprint density at radius 2 is 2.31 bits per heavy atom.